The predicted octanol–water partition coefficient (Wildman–Crippen LogP) is 3.38. The van der Waals surface area contributed by atoms with Crippen molar-refractivity contribution in [1.29, 1.82) is 0 Å². The Morgan fingerprint density at radius 1 is 0.960 bits per heavy atom. The summed E-state index contributed by atoms with van der Waals surface area (Å²) in [4.78, 5) is 36.4. The Labute approximate surface area is 154 Å². The topological polar surface area (TPSA) is 72.5 Å². The molecule has 0 aliphatic heterocycles. The van der Waals surface area contributed by atoms with Gasteiger partial charge in [0.1, 0.15) is 5.54 Å². The minimum Gasteiger partial charge on any atom is -0.456 e. The van der Waals surface area contributed by atoms with Gasteiger partial charge in [0.25, 0.3) is 5.91 Å². The van der Waals surface area contributed by atoms with E-state index < -0.39 is 11.5 Å². The Morgan fingerprint density at radius 2 is 1.56 bits per heavy atom. The van der Waals surface area contributed by atoms with Crippen molar-refractivity contribution in [3.05, 3.63) is 70.2 Å². The van der Waals surface area contributed by atoms with Crippen molar-refractivity contribution in [2.24, 2.45) is 0 Å². The lowest BCUT2D eigenvalue weighted by Gasteiger charge is -2.24. The molecule has 0 bridgehead atoms. The first kappa shape index (κ1) is 18.9. The molecular formula is C19H18BrNO4. The van der Waals surface area contributed by atoms with E-state index in [4.69, 9.17) is 4.74 Å². The normalized spacial score (nSPS) is 10.8. The van der Waals surface area contributed by atoms with E-state index in [-0.39, 0.29) is 18.3 Å². The maximum absolute atomic E-state index is 12.2. The average molecular weight is 404 g/mol. The van der Waals surface area contributed by atoms with E-state index in [1.54, 1.807) is 54.6 Å². The third-order valence-corrected chi connectivity index (χ3v) is 4.00. The van der Waals surface area contributed by atoms with Gasteiger partial charge in [0.05, 0.1) is 0 Å². The van der Waals surface area contributed by atoms with Crippen LogP contribution in [0.15, 0.2) is 59.1 Å². The molecule has 5 nitrogen and oxygen atoms in total. The number of carbonyl (C=O) groups is 3. The fourth-order valence-electron chi connectivity index (χ4n) is 2.03. The number of hydrogen-bond donors (Lipinski definition) is 1. The summed E-state index contributed by atoms with van der Waals surface area (Å²) in [6.45, 7) is 2.67. The molecule has 0 saturated heterocycles. The van der Waals surface area contributed by atoms with Crippen LogP contribution >= 0.6 is 15.9 Å². The fraction of sp³-hybridized carbons (Fsp3) is 0.211. The summed E-state index contributed by atoms with van der Waals surface area (Å²) in [5.41, 5.74) is -0.371. The summed E-state index contributed by atoms with van der Waals surface area (Å²) in [6, 6.07) is 15.3. The van der Waals surface area contributed by atoms with Crippen molar-refractivity contribution >= 4 is 33.6 Å². The third kappa shape index (κ3) is 5.26. The number of benzene rings is 2. The zero-order valence-corrected chi connectivity index (χ0v) is 15.5. The third-order valence-electron chi connectivity index (χ3n) is 3.47. The number of carbonyl (C=O) groups excluding carboxylic acids is 3. The number of amides is 1. The van der Waals surface area contributed by atoms with Gasteiger partial charge in [-0.2, -0.15) is 0 Å². The Kier molecular flexibility index (Phi) is 6.09. The highest BCUT2D eigenvalue weighted by Crippen LogP contribution is 2.12. The maximum Gasteiger partial charge on any atom is 0.331 e. The number of hydrogen-bond acceptors (Lipinski definition) is 4. The van der Waals surface area contributed by atoms with Gasteiger partial charge in [-0.3, -0.25) is 9.59 Å². The summed E-state index contributed by atoms with van der Waals surface area (Å²) < 4.78 is 5.93. The lowest BCUT2D eigenvalue weighted by molar-refractivity contribution is -0.148. The molecule has 2 aromatic rings. The molecule has 0 atom stereocenters. The molecule has 0 spiro atoms. The molecule has 130 valence electrons. The van der Waals surface area contributed by atoms with E-state index in [9.17, 15) is 14.4 Å². The minimum atomic E-state index is -1.26. The van der Waals surface area contributed by atoms with Crippen LogP contribution in [0.1, 0.15) is 34.6 Å². The van der Waals surface area contributed by atoms with E-state index >= 15 is 0 Å². The lowest BCUT2D eigenvalue weighted by Crippen LogP contribution is -2.50. The SMILES string of the molecule is CC(C)(NC(=O)c1ccccc1)C(=O)OCC(=O)c1ccc(Br)cc1. The Bertz CT molecular complexity index is 770. The van der Waals surface area contributed by atoms with E-state index in [0.29, 0.717) is 11.1 Å². The molecule has 0 aliphatic carbocycles. The molecule has 2 rings (SSSR count). The van der Waals surface area contributed by atoms with Crippen molar-refractivity contribution in [3.63, 3.8) is 0 Å². The van der Waals surface area contributed by atoms with Gasteiger partial charge >= 0.3 is 5.97 Å². The van der Waals surface area contributed by atoms with Crippen LogP contribution in [-0.4, -0.2) is 29.8 Å². The molecule has 6 heteroatoms. The Hall–Kier alpha value is -2.47. The molecule has 1 N–H and O–H groups in total. The van der Waals surface area contributed by atoms with Crippen molar-refractivity contribution in [1.82, 2.24) is 5.32 Å². The standard InChI is InChI=1S/C19H18BrNO4/c1-19(2,21-17(23)14-6-4-3-5-7-14)18(24)25-12-16(22)13-8-10-15(20)11-9-13/h3-11H,12H2,1-2H3,(H,21,23). The van der Waals surface area contributed by atoms with Crippen LogP contribution in [0.3, 0.4) is 0 Å². The van der Waals surface area contributed by atoms with Gasteiger partial charge in [-0.25, -0.2) is 4.79 Å². The minimum absolute atomic E-state index is 0.314. The van der Waals surface area contributed by atoms with E-state index in [1.807, 2.05) is 0 Å². The van der Waals surface area contributed by atoms with E-state index in [0.717, 1.165) is 4.47 Å². The Balaban J connectivity index is 1.93. The fourth-order valence-corrected chi connectivity index (χ4v) is 2.29. The largest absolute Gasteiger partial charge is 0.456 e. The van der Waals surface area contributed by atoms with Crippen molar-refractivity contribution < 1.29 is 19.1 Å². The van der Waals surface area contributed by atoms with Crippen molar-refractivity contribution in [2.75, 3.05) is 6.61 Å². The highest BCUT2D eigenvalue weighted by molar-refractivity contribution is 9.10. The first-order valence-corrected chi connectivity index (χ1v) is 8.42. The summed E-state index contributed by atoms with van der Waals surface area (Å²) in [6.07, 6.45) is 0. The van der Waals surface area contributed by atoms with Crippen LogP contribution in [-0.2, 0) is 9.53 Å². The molecule has 0 aliphatic rings. The van der Waals surface area contributed by atoms with Gasteiger partial charge in [-0.1, -0.05) is 46.3 Å². The highest BCUT2D eigenvalue weighted by atomic mass is 79.9. The number of esters is 1. The van der Waals surface area contributed by atoms with Gasteiger partial charge in [-0.15, -0.1) is 0 Å². The number of halogens is 1. The zero-order valence-electron chi connectivity index (χ0n) is 13.9. The summed E-state index contributed by atoms with van der Waals surface area (Å²) in [5, 5.41) is 2.61. The van der Waals surface area contributed by atoms with Crippen molar-refractivity contribution in [3.8, 4) is 0 Å². The molecule has 25 heavy (non-hydrogen) atoms. The summed E-state index contributed by atoms with van der Waals surface area (Å²) in [7, 11) is 0. The molecule has 0 fully saturated rings. The molecule has 0 aromatic heterocycles. The van der Waals surface area contributed by atoms with Gasteiger partial charge in [0.2, 0.25) is 0 Å². The van der Waals surface area contributed by atoms with Crippen LogP contribution in [0.25, 0.3) is 0 Å². The number of ether oxygens (including phenoxy) is 1. The first-order chi connectivity index (χ1) is 11.8. The lowest BCUT2D eigenvalue weighted by atomic mass is 10.0. The second kappa shape index (κ2) is 8.07. The molecule has 2 aromatic carbocycles. The van der Waals surface area contributed by atoms with Gasteiger partial charge in [0, 0.05) is 15.6 Å². The van der Waals surface area contributed by atoms with Crippen LogP contribution in [0.2, 0.25) is 0 Å². The molecule has 0 heterocycles. The molecule has 0 saturated carbocycles. The number of rotatable bonds is 6. The van der Waals surface area contributed by atoms with Gasteiger partial charge < -0.3 is 10.1 Å². The molecule has 1 amide bonds. The van der Waals surface area contributed by atoms with Crippen LogP contribution < -0.4 is 5.32 Å². The van der Waals surface area contributed by atoms with Crippen LogP contribution in [0, 0.1) is 0 Å². The molecular weight excluding hydrogens is 386 g/mol. The van der Waals surface area contributed by atoms with E-state index in [1.165, 1.54) is 13.8 Å². The maximum atomic E-state index is 12.2. The van der Waals surface area contributed by atoms with Crippen LogP contribution in [0.4, 0.5) is 0 Å². The second-order valence-corrected chi connectivity index (χ2v) is 6.87. The number of nitrogens with one attached hydrogen (secondary N) is 1. The molecule has 0 unspecified atom stereocenters. The monoisotopic (exact) mass is 403 g/mol. The second-order valence-electron chi connectivity index (χ2n) is 5.95. The van der Waals surface area contributed by atoms with Gasteiger partial charge in [0.15, 0.2) is 12.4 Å². The first-order valence-electron chi connectivity index (χ1n) is 7.63. The smallest absolute Gasteiger partial charge is 0.331 e. The van der Waals surface area contributed by atoms with E-state index in [2.05, 4.69) is 21.2 Å². The number of ketones is 1. The van der Waals surface area contributed by atoms with Crippen LogP contribution in [0.5, 0.6) is 0 Å². The number of Topliss-reactive ketones (excluding diaryl/α,β-unsaturated/α-hetero) is 1. The molecule has 0 radical (unpaired) electrons. The summed E-state index contributed by atoms with van der Waals surface area (Å²) in [5.74, 6) is -1.38. The summed E-state index contributed by atoms with van der Waals surface area (Å²) >= 11 is 3.29. The van der Waals surface area contributed by atoms with Crippen molar-refractivity contribution in [2.45, 2.75) is 19.4 Å². The highest BCUT2D eigenvalue weighted by Gasteiger charge is 2.32. The van der Waals surface area contributed by atoms with Gasteiger partial charge in [-0.05, 0) is 38.1 Å². The Morgan fingerprint density at radius 3 is 2.16 bits per heavy atom. The average Bonchev–Trinajstić information content (AvgIpc) is 2.60. The quantitative estimate of drug-likeness (QED) is 0.592. The predicted molar refractivity (Wildman–Crippen MR) is 97.4 cm³/mol. The zero-order chi connectivity index (χ0) is 18.4.